The molecule has 1 unspecified atom stereocenters. The van der Waals surface area contributed by atoms with Gasteiger partial charge in [0.1, 0.15) is 0 Å². The summed E-state index contributed by atoms with van der Waals surface area (Å²) < 4.78 is 26.9. The molecule has 0 radical (unpaired) electrons. The number of methoxy groups -OCH3 is 1. The molecular formula is C10H17NO4S. The van der Waals surface area contributed by atoms with E-state index in [1.165, 1.54) is 12.5 Å². The van der Waals surface area contributed by atoms with E-state index in [2.05, 4.69) is 10.1 Å². The molecule has 1 heterocycles. The maximum atomic E-state index is 11.4. The van der Waals surface area contributed by atoms with Gasteiger partial charge in [-0.1, -0.05) is 6.08 Å². The van der Waals surface area contributed by atoms with E-state index in [0.29, 0.717) is 6.54 Å². The number of carbonyl (C=O) groups is 1. The molecule has 0 aromatic heterocycles. The number of carbonyl (C=O) groups excluding carboxylic acids is 1. The summed E-state index contributed by atoms with van der Waals surface area (Å²) in [4.78, 5) is 11.4. The van der Waals surface area contributed by atoms with Crippen LogP contribution in [-0.4, -0.2) is 39.8 Å². The summed E-state index contributed by atoms with van der Waals surface area (Å²) in [5, 5.41) is 4.23. The van der Waals surface area contributed by atoms with Crippen molar-refractivity contribution in [2.75, 3.05) is 19.4 Å². The highest BCUT2D eigenvalue weighted by molar-refractivity contribution is 7.94. The number of sulfone groups is 1. The third kappa shape index (κ3) is 3.31. The van der Waals surface area contributed by atoms with Crippen molar-refractivity contribution in [3.05, 3.63) is 11.5 Å². The highest BCUT2D eigenvalue weighted by Crippen LogP contribution is 2.17. The number of esters is 1. The Hall–Kier alpha value is -0.880. The molecule has 0 spiro atoms. The molecule has 1 rings (SSSR count). The molecule has 92 valence electrons. The molecule has 0 aromatic rings. The zero-order valence-corrected chi connectivity index (χ0v) is 10.5. The quantitative estimate of drug-likeness (QED) is 0.713. The third-order valence-corrected chi connectivity index (χ3v) is 3.87. The first kappa shape index (κ1) is 13.2. The van der Waals surface area contributed by atoms with Crippen molar-refractivity contribution >= 4 is 15.8 Å². The van der Waals surface area contributed by atoms with Crippen molar-refractivity contribution in [1.29, 1.82) is 0 Å². The first-order valence-corrected chi connectivity index (χ1v) is 6.71. The SMILES string of the molecule is COC(=O)C(C)(C)CNC1C=CS(=O)(=O)C1. The minimum absolute atomic E-state index is 0.0598. The standard InChI is InChI=1S/C10H17NO4S/c1-10(2,9(12)15-3)7-11-8-4-5-16(13,14)6-8/h4-5,8,11H,6-7H2,1-3H3. The Bertz CT molecular complexity index is 397. The zero-order valence-electron chi connectivity index (χ0n) is 9.69. The molecule has 1 atom stereocenters. The topological polar surface area (TPSA) is 72.5 Å². The van der Waals surface area contributed by atoms with Crippen LogP contribution in [0.2, 0.25) is 0 Å². The maximum absolute atomic E-state index is 11.4. The summed E-state index contributed by atoms with van der Waals surface area (Å²) in [6, 6.07) is -0.214. The largest absolute Gasteiger partial charge is 0.469 e. The maximum Gasteiger partial charge on any atom is 0.312 e. The van der Waals surface area contributed by atoms with Crippen LogP contribution in [0.1, 0.15) is 13.8 Å². The average molecular weight is 247 g/mol. The summed E-state index contributed by atoms with van der Waals surface area (Å²) in [5.41, 5.74) is -0.658. The second-order valence-electron chi connectivity index (χ2n) is 4.52. The summed E-state index contributed by atoms with van der Waals surface area (Å²) in [6.45, 7) is 3.88. The van der Waals surface area contributed by atoms with E-state index in [-0.39, 0.29) is 17.8 Å². The van der Waals surface area contributed by atoms with Gasteiger partial charge in [-0.2, -0.15) is 0 Å². The summed E-state index contributed by atoms with van der Waals surface area (Å²) in [6.07, 6.45) is 1.60. The van der Waals surface area contributed by atoms with Gasteiger partial charge in [0.05, 0.1) is 18.3 Å². The van der Waals surface area contributed by atoms with Crippen molar-refractivity contribution in [1.82, 2.24) is 5.32 Å². The first-order chi connectivity index (χ1) is 7.27. The number of rotatable bonds is 4. The Kier molecular flexibility index (Phi) is 3.75. The van der Waals surface area contributed by atoms with E-state index in [0.717, 1.165) is 0 Å². The fourth-order valence-electron chi connectivity index (χ4n) is 1.44. The minimum atomic E-state index is -3.05. The molecule has 1 aliphatic rings. The fraction of sp³-hybridized carbons (Fsp3) is 0.700. The molecule has 0 amide bonds. The van der Waals surface area contributed by atoms with Crippen molar-refractivity contribution in [2.24, 2.45) is 5.41 Å². The van der Waals surface area contributed by atoms with Gasteiger partial charge < -0.3 is 10.1 Å². The van der Waals surface area contributed by atoms with E-state index in [1.807, 2.05) is 0 Å². The van der Waals surface area contributed by atoms with Gasteiger partial charge in [0.25, 0.3) is 0 Å². The molecule has 0 fully saturated rings. The van der Waals surface area contributed by atoms with Crippen LogP contribution in [0.15, 0.2) is 11.5 Å². The molecule has 5 nitrogen and oxygen atoms in total. The lowest BCUT2D eigenvalue weighted by atomic mass is 9.93. The van der Waals surface area contributed by atoms with E-state index < -0.39 is 15.3 Å². The second-order valence-corrected chi connectivity index (χ2v) is 6.45. The summed E-state index contributed by atoms with van der Waals surface area (Å²) >= 11 is 0. The van der Waals surface area contributed by atoms with Crippen molar-refractivity contribution in [3.63, 3.8) is 0 Å². The van der Waals surface area contributed by atoms with Gasteiger partial charge in [0, 0.05) is 18.0 Å². The van der Waals surface area contributed by atoms with Crippen LogP contribution in [0, 0.1) is 5.41 Å². The summed E-state index contributed by atoms with van der Waals surface area (Å²) in [7, 11) is -1.71. The van der Waals surface area contributed by atoms with Crippen LogP contribution in [-0.2, 0) is 19.4 Å². The van der Waals surface area contributed by atoms with Gasteiger partial charge in [-0.3, -0.25) is 4.79 Å². The highest BCUT2D eigenvalue weighted by atomic mass is 32.2. The van der Waals surface area contributed by atoms with Gasteiger partial charge in [-0.25, -0.2) is 8.42 Å². The minimum Gasteiger partial charge on any atom is -0.469 e. The number of nitrogens with one attached hydrogen (secondary N) is 1. The molecule has 6 heteroatoms. The van der Waals surface area contributed by atoms with Crippen molar-refractivity contribution in [2.45, 2.75) is 19.9 Å². The Labute approximate surface area is 95.8 Å². The second kappa shape index (κ2) is 4.55. The van der Waals surface area contributed by atoms with Crippen molar-refractivity contribution < 1.29 is 17.9 Å². The number of ether oxygens (including phenoxy) is 1. The fourth-order valence-corrected chi connectivity index (χ4v) is 2.71. The molecule has 0 aliphatic carbocycles. The third-order valence-electron chi connectivity index (χ3n) is 2.47. The van der Waals surface area contributed by atoms with Gasteiger partial charge in [0.15, 0.2) is 9.84 Å². The van der Waals surface area contributed by atoms with Crippen LogP contribution in [0.25, 0.3) is 0 Å². The van der Waals surface area contributed by atoms with Gasteiger partial charge in [-0.05, 0) is 13.8 Å². The smallest absolute Gasteiger partial charge is 0.312 e. The van der Waals surface area contributed by atoms with Crippen LogP contribution >= 0.6 is 0 Å². The molecule has 1 N–H and O–H groups in total. The molecule has 0 saturated carbocycles. The first-order valence-electron chi connectivity index (χ1n) is 4.99. The highest BCUT2D eigenvalue weighted by Gasteiger charge is 2.30. The Morgan fingerprint density at radius 2 is 2.19 bits per heavy atom. The van der Waals surface area contributed by atoms with Gasteiger partial charge >= 0.3 is 5.97 Å². The molecule has 0 bridgehead atoms. The van der Waals surface area contributed by atoms with E-state index in [4.69, 9.17) is 0 Å². The molecule has 1 aliphatic heterocycles. The number of hydrogen-bond acceptors (Lipinski definition) is 5. The Morgan fingerprint density at radius 1 is 1.56 bits per heavy atom. The molecule has 16 heavy (non-hydrogen) atoms. The van der Waals surface area contributed by atoms with E-state index >= 15 is 0 Å². The van der Waals surface area contributed by atoms with E-state index in [1.54, 1.807) is 19.9 Å². The lowest BCUT2D eigenvalue weighted by molar-refractivity contribution is -0.150. The average Bonchev–Trinajstić information content (AvgIpc) is 2.54. The van der Waals surface area contributed by atoms with Crippen LogP contribution in [0.5, 0.6) is 0 Å². The normalized spacial score (nSPS) is 23.3. The predicted octanol–water partition coefficient (Wildman–Crippen LogP) is 0.0859. The van der Waals surface area contributed by atoms with Gasteiger partial charge in [0.2, 0.25) is 0 Å². The van der Waals surface area contributed by atoms with E-state index in [9.17, 15) is 13.2 Å². The zero-order chi connectivity index (χ0) is 12.4. The van der Waals surface area contributed by atoms with Crippen LogP contribution in [0.4, 0.5) is 0 Å². The monoisotopic (exact) mass is 247 g/mol. The van der Waals surface area contributed by atoms with Crippen LogP contribution < -0.4 is 5.32 Å². The van der Waals surface area contributed by atoms with Crippen molar-refractivity contribution in [3.8, 4) is 0 Å². The lowest BCUT2D eigenvalue weighted by Gasteiger charge is -2.23. The Morgan fingerprint density at radius 3 is 2.62 bits per heavy atom. The molecule has 0 aromatic carbocycles. The molecule has 0 saturated heterocycles. The molecular weight excluding hydrogens is 230 g/mol. The van der Waals surface area contributed by atoms with Gasteiger partial charge in [-0.15, -0.1) is 0 Å². The van der Waals surface area contributed by atoms with Crippen LogP contribution in [0.3, 0.4) is 0 Å². The summed E-state index contributed by atoms with van der Waals surface area (Å²) in [5.74, 6) is -0.255. The lowest BCUT2D eigenvalue weighted by Crippen LogP contribution is -2.41. The Balaban J connectivity index is 2.48. The number of hydrogen-bond donors (Lipinski definition) is 1. The predicted molar refractivity (Wildman–Crippen MR) is 60.5 cm³/mol.